The van der Waals surface area contributed by atoms with Gasteiger partial charge in [-0.25, -0.2) is 4.79 Å². The number of carbonyl (C=O) groups is 1. The van der Waals surface area contributed by atoms with Crippen LogP contribution < -0.4 is 0 Å². The van der Waals surface area contributed by atoms with E-state index in [1.54, 1.807) is 0 Å². The zero-order valence-electron chi connectivity index (χ0n) is 9.72. The van der Waals surface area contributed by atoms with Gasteiger partial charge in [-0.3, -0.25) is 0 Å². The lowest BCUT2D eigenvalue weighted by molar-refractivity contribution is -0.155. The summed E-state index contributed by atoms with van der Waals surface area (Å²) in [5, 5.41) is 9.49. The largest absolute Gasteiger partial charge is 0.459 e. The fraction of sp³-hybridized carbons (Fsp3) is 0.462. The topological polar surface area (TPSA) is 46.5 Å². The van der Waals surface area contributed by atoms with E-state index in [9.17, 15) is 9.90 Å². The molecule has 0 aromatic heterocycles. The molecule has 1 rings (SSSR count). The van der Waals surface area contributed by atoms with Crippen LogP contribution >= 0.6 is 0 Å². The molecule has 1 atom stereocenters. The molecule has 1 aromatic carbocycles. The highest BCUT2D eigenvalue weighted by Gasteiger charge is 2.17. The van der Waals surface area contributed by atoms with Crippen LogP contribution in [0.25, 0.3) is 0 Å². The van der Waals surface area contributed by atoms with Crippen molar-refractivity contribution < 1.29 is 14.6 Å². The summed E-state index contributed by atoms with van der Waals surface area (Å²) in [7, 11) is 0. The first kappa shape index (κ1) is 12.7. The maximum atomic E-state index is 11.4. The molecule has 0 fully saturated rings. The summed E-state index contributed by atoms with van der Waals surface area (Å²) in [5.41, 5.74) is 0.924. The average Bonchev–Trinajstić information content (AvgIpc) is 2.26. The average molecular weight is 222 g/mol. The monoisotopic (exact) mass is 222 g/mol. The van der Waals surface area contributed by atoms with E-state index in [4.69, 9.17) is 4.74 Å². The molecule has 88 valence electrons. The van der Waals surface area contributed by atoms with Gasteiger partial charge in [0.1, 0.15) is 6.61 Å². The molecule has 0 unspecified atom stereocenters. The third-order valence-corrected chi connectivity index (χ3v) is 2.19. The van der Waals surface area contributed by atoms with Crippen LogP contribution in [0.1, 0.15) is 25.8 Å². The van der Waals surface area contributed by atoms with Crippen molar-refractivity contribution in [2.45, 2.75) is 33.0 Å². The van der Waals surface area contributed by atoms with Crippen molar-refractivity contribution in [2.24, 2.45) is 5.92 Å². The maximum absolute atomic E-state index is 11.4. The zero-order chi connectivity index (χ0) is 12.0. The van der Waals surface area contributed by atoms with Crippen LogP contribution in [0.3, 0.4) is 0 Å². The van der Waals surface area contributed by atoms with Crippen molar-refractivity contribution in [1.29, 1.82) is 0 Å². The minimum absolute atomic E-state index is 0.217. The van der Waals surface area contributed by atoms with Crippen LogP contribution in [-0.2, 0) is 16.1 Å². The fourth-order valence-electron chi connectivity index (χ4n) is 1.37. The molecule has 0 amide bonds. The molecule has 3 nitrogen and oxygen atoms in total. The number of hydrogen-bond donors (Lipinski definition) is 1. The highest BCUT2D eigenvalue weighted by molar-refractivity contribution is 5.74. The molecule has 0 aliphatic carbocycles. The molecule has 0 aliphatic heterocycles. The molecule has 3 heteroatoms. The summed E-state index contributed by atoms with van der Waals surface area (Å²) >= 11 is 0. The molecule has 0 radical (unpaired) electrons. The number of esters is 1. The lowest BCUT2D eigenvalue weighted by atomic mass is 10.1. The Kier molecular flexibility index (Phi) is 4.99. The molecule has 1 N–H and O–H groups in total. The smallest absolute Gasteiger partial charge is 0.335 e. The predicted octanol–water partition coefficient (Wildman–Crippen LogP) is 2.14. The summed E-state index contributed by atoms with van der Waals surface area (Å²) in [6.45, 7) is 4.12. The van der Waals surface area contributed by atoms with Gasteiger partial charge < -0.3 is 9.84 Å². The van der Waals surface area contributed by atoms with E-state index in [1.165, 1.54) is 0 Å². The number of ether oxygens (including phenoxy) is 1. The van der Waals surface area contributed by atoms with Gasteiger partial charge in [-0.05, 0) is 17.9 Å². The number of carbonyl (C=O) groups excluding carboxylic acids is 1. The standard InChI is InChI=1S/C13H18O3/c1-10(2)8-12(14)13(15)16-9-11-6-4-3-5-7-11/h3-7,10,12,14H,8-9H2,1-2H3/t12-/m1/s1. The van der Waals surface area contributed by atoms with E-state index in [0.717, 1.165) is 5.56 Å². The van der Waals surface area contributed by atoms with Crippen molar-refractivity contribution in [3.63, 3.8) is 0 Å². The zero-order valence-corrected chi connectivity index (χ0v) is 9.72. The first-order valence-electron chi connectivity index (χ1n) is 5.48. The lowest BCUT2D eigenvalue weighted by Crippen LogP contribution is -2.24. The first-order chi connectivity index (χ1) is 7.59. The maximum Gasteiger partial charge on any atom is 0.335 e. The second-order valence-electron chi connectivity index (χ2n) is 4.24. The molecule has 16 heavy (non-hydrogen) atoms. The van der Waals surface area contributed by atoms with E-state index < -0.39 is 12.1 Å². The van der Waals surface area contributed by atoms with Gasteiger partial charge in [0.05, 0.1) is 0 Å². The molecule has 0 aliphatic rings. The SMILES string of the molecule is CC(C)C[C@@H](O)C(=O)OCc1ccccc1. The van der Waals surface area contributed by atoms with Crippen LogP contribution in [0.5, 0.6) is 0 Å². The molecule has 0 spiro atoms. The van der Waals surface area contributed by atoms with E-state index in [-0.39, 0.29) is 12.5 Å². The van der Waals surface area contributed by atoms with E-state index in [0.29, 0.717) is 6.42 Å². The van der Waals surface area contributed by atoms with Gasteiger partial charge in [-0.15, -0.1) is 0 Å². The predicted molar refractivity (Wildman–Crippen MR) is 61.7 cm³/mol. The first-order valence-corrected chi connectivity index (χ1v) is 5.48. The Morgan fingerprint density at radius 3 is 2.50 bits per heavy atom. The Balaban J connectivity index is 2.35. The van der Waals surface area contributed by atoms with Crippen molar-refractivity contribution in [2.75, 3.05) is 0 Å². The quantitative estimate of drug-likeness (QED) is 0.776. The number of hydrogen-bond acceptors (Lipinski definition) is 3. The van der Waals surface area contributed by atoms with E-state index >= 15 is 0 Å². The molecule has 0 bridgehead atoms. The minimum atomic E-state index is -1.01. The van der Waals surface area contributed by atoms with Gasteiger partial charge in [0.15, 0.2) is 6.10 Å². The number of aliphatic hydroxyl groups is 1. The molecular weight excluding hydrogens is 204 g/mol. The normalized spacial score (nSPS) is 12.5. The third kappa shape index (κ3) is 4.45. The Morgan fingerprint density at radius 1 is 1.31 bits per heavy atom. The highest BCUT2D eigenvalue weighted by atomic mass is 16.5. The Hall–Kier alpha value is -1.35. The van der Waals surface area contributed by atoms with Crippen LogP contribution in [0.2, 0.25) is 0 Å². The highest BCUT2D eigenvalue weighted by Crippen LogP contribution is 2.07. The molecule has 0 saturated heterocycles. The second kappa shape index (κ2) is 6.28. The van der Waals surface area contributed by atoms with Crippen molar-refractivity contribution in [3.05, 3.63) is 35.9 Å². The van der Waals surface area contributed by atoms with Crippen LogP contribution in [-0.4, -0.2) is 17.2 Å². The summed E-state index contributed by atoms with van der Waals surface area (Å²) in [6.07, 6.45) is -0.572. The number of aliphatic hydroxyl groups excluding tert-OH is 1. The molecule has 0 saturated carbocycles. The van der Waals surface area contributed by atoms with Crippen LogP contribution in [0.15, 0.2) is 30.3 Å². The van der Waals surface area contributed by atoms with Gasteiger partial charge in [0.25, 0.3) is 0 Å². The number of rotatable bonds is 5. The van der Waals surface area contributed by atoms with Gasteiger partial charge in [0.2, 0.25) is 0 Å². The van der Waals surface area contributed by atoms with Crippen molar-refractivity contribution >= 4 is 5.97 Å². The minimum Gasteiger partial charge on any atom is -0.459 e. The molecule has 1 aromatic rings. The Bertz CT molecular complexity index is 319. The van der Waals surface area contributed by atoms with Gasteiger partial charge in [0, 0.05) is 0 Å². The third-order valence-electron chi connectivity index (χ3n) is 2.19. The van der Waals surface area contributed by atoms with E-state index in [1.807, 2.05) is 44.2 Å². The van der Waals surface area contributed by atoms with Gasteiger partial charge in [-0.2, -0.15) is 0 Å². The van der Waals surface area contributed by atoms with Gasteiger partial charge >= 0.3 is 5.97 Å². The van der Waals surface area contributed by atoms with Crippen LogP contribution in [0, 0.1) is 5.92 Å². The summed E-state index contributed by atoms with van der Waals surface area (Å²) in [6, 6.07) is 9.42. The van der Waals surface area contributed by atoms with Crippen LogP contribution in [0.4, 0.5) is 0 Å². The lowest BCUT2D eigenvalue weighted by Gasteiger charge is -2.12. The van der Waals surface area contributed by atoms with Gasteiger partial charge in [-0.1, -0.05) is 44.2 Å². The van der Waals surface area contributed by atoms with Crippen molar-refractivity contribution in [1.82, 2.24) is 0 Å². The Morgan fingerprint density at radius 2 is 1.94 bits per heavy atom. The van der Waals surface area contributed by atoms with E-state index in [2.05, 4.69) is 0 Å². The number of benzene rings is 1. The second-order valence-corrected chi connectivity index (χ2v) is 4.24. The molecular formula is C13H18O3. The summed E-state index contributed by atoms with van der Waals surface area (Å²) in [5.74, 6) is -0.267. The van der Waals surface area contributed by atoms with Crippen molar-refractivity contribution in [3.8, 4) is 0 Å². The molecule has 0 heterocycles. The Labute approximate surface area is 96.1 Å². The fourth-order valence-corrected chi connectivity index (χ4v) is 1.37. The summed E-state index contributed by atoms with van der Waals surface area (Å²) < 4.78 is 5.00. The summed E-state index contributed by atoms with van der Waals surface area (Å²) in [4.78, 5) is 11.4.